The van der Waals surface area contributed by atoms with Gasteiger partial charge >= 0.3 is 0 Å². The normalized spacial score (nSPS) is 10.5. The fourth-order valence-corrected chi connectivity index (χ4v) is 2.07. The van der Waals surface area contributed by atoms with Crippen LogP contribution < -0.4 is 10.1 Å². The first-order chi connectivity index (χ1) is 10.1. The van der Waals surface area contributed by atoms with Crippen LogP contribution in [-0.2, 0) is 0 Å². The number of hydrogen-bond acceptors (Lipinski definition) is 5. The Morgan fingerprint density at radius 1 is 1.33 bits per heavy atom. The van der Waals surface area contributed by atoms with E-state index in [1.165, 1.54) is 11.8 Å². The van der Waals surface area contributed by atoms with Crippen LogP contribution in [0.1, 0.15) is 18.9 Å². The molecule has 1 aromatic carbocycles. The zero-order valence-electron chi connectivity index (χ0n) is 12.3. The molecular weight excluding hydrogens is 289 g/mol. The Labute approximate surface area is 128 Å². The van der Waals surface area contributed by atoms with Gasteiger partial charge < -0.3 is 10.1 Å². The minimum absolute atomic E-state index is 0.169. The van der Waals surface area contributed by atoms with E-state index in [-0.39, 0.29) is 11.6 Å². The van der Waals surface area contributed by atoms with E-state index in [2.05, 4.69) is 22.2 Å². The number of ether oxygens (including phenoxy) is 1. The molecule has 2 rings (SSSR count). The molecule has 0 radical (unpaired) electrons. The standard InChI is InChI=1S/C15H18FN3OS/c1-4-8-17-12-9-13(19-15(18-12)21-3)20-11-7-5-6-10(2)14(11)16/h5-7,9H,4,8H2,1-3H3,(H,17,18,19). The van der Waals surface area contributed by atoms with E-state index in [0.717, 1.165) is 13.0 Å². The molecule has 0 fully saturated rings. The van der Waals surface area contributed by atoms with Gasteiger partial charge in [0, 0.05) is 12.6 Å². The lowest BCUT2D eigenvalue weighted by atomic mass is 10.2. The second-order valence-corrected chi connectivity index (χ2v) is 5.27. The molecule has 0 aliphatic carbocycles. The lowest BCUT2D eigenvalue weighted by molar-refractivity contribution is 0.421. The molecule has 0 unspecified atom stereocenters. The molecule has 0 atom stereocenters. The summed E-state index contributed by atoms with van der Waals surface area (Å²) >= 11 is 1.41. The van der Waals surface area contributed by atoms with Gasteiger partial charge in [0.15, 0.2) is 16.7 Å². The topological polar surface area (TPSA) is 47.0 Å². The quantitative estimate of drug-likeness (QED) is 0.638. The molecule has 0 spiro atoms. The molecule has 112 valence electrons. The van der Waals surface area contributed by atoms with Crippen molar-refractivity contribution in [1.29, 1.82) is 0 Å². The van der Waals surface area contributed by atoms with Gasteiger partial charge in [0.2, 0.25) is 5.88 Å². The number of benzene rings is 1. The molecule has 1 aromatic heterocycles. The minimum Gasteiger partial charge on any atom is -0.436 e. The summed E-state index contributed by atoms with van der Waals surface area (Å²) < 4.78 is 19.6. The van der Waals surface area contributed by atoms with Gasteiger partial charge in [-0.2, -0.15) is 4.98 Å². The van der Waals surface area contributed by atoms with E-state index in [1.807, 2.05) is 6.26 Å². The number of hydrogen-bond donors (Lipinski definition) is 1. The second-order valence-electron chi connectivity index (χ2n) is 4.49. The SMILES string of the molecule is CCCNc1cc(Oc2cccc(C)c2F)nc(SC)n1. The zero-order valence-corrected chi connectivity index (χ0v) is 13.1. The Morgan fingerprint density at radius 2 is 2.14 bits per heavy atom. The smallest absolute Gasteiger partial charge is 0.225 e. The van der Waals surface area contributed by atoms with E-state index in [9.17, 15) is 4.39 Å². The minimum atomic E-state index is -0.370. The number of aromatic nitrogens is 2. The summed E-state index contributed by atoms with van der Waals surface area (Å²) in [4.78, 5) is 8.59. The predicted molar refractivity (Wildman–Crippen MR) is 83.8 cm³/mol. The Hall–Kier alpha value is -1.82. The highest BCUT2D eigenvalue weighted by molar-refractivity contribution is 7.98. The maximum Gasteiger partial charge on any atom is 0.225 e. The summed E-state index contributed by atoms with van der Waals surface area (Å²) in [6.45, 7) is 4.58. The first kappa shape index (κ1) is 15.6. The predicted octanol–water partition coefficient (Wildman–Crippen LogP) is 4.26. The highest BCUT2D eigenvalue weighted by atomic mass is 32.2. The number of halogens is 1. The van der Waals surface area contributed by atoms with Gasteiger partial charge in [0.05, 0.1) is 0 Å². The highest BCUT2D eigenvalue weighted by Gasteiger charge is 2.10. The van der Waals surface area contributed by atoms with E-state index < -0.39 is 0 Å². The molecule has 0 bridgehead atoms. The molecular formula is C15H18FN3OS. The fraction of sp³-hybridized carbons (Fsp3) is 0.333. The first-order valence-corrected chi connectivity index (χ1v) is 7.96. The van der Waals surface area contributed by atoms with Crippen molar-refractivity contribution >= 4 is 17.6 Å². The van der Waals surface area contributed by atoms with Crippen molar-refractivity contribution in [3.05, 3.63) is 35.6 Å². The second kappa shape index (κ2) is 7.26. The molecule has 0 saturated heterocycles. The molecule has 1 heterocycles. The van der Waals surface area contributed by atoms with Crippen molar-refractivity contribution in [2.24, 2.45) is 0 Å². The van der Waals surface area contributed by atoms with Crippen LogP contribution in [0.5, 0.6) is 11.6 Å². The van der Waals surface area contributed by atoms with Crippen molar-refractivity contribution in [1.82, 2.24) is 9.97 Å². The van der Waals surface area contributed by atoms with Crippen LogP contribution in [0.4, 0.5) is 10.2 Å². The summed E-state index contributed by atoms with van der Waals surface area (Å²) in [5.41, 5.74) is 0.538. The fourth-order valence-electron chi connectivity index (χ4n) is 1.70. The third-order valence-electron chi connectivity index (χ3n) is 2.79. The molecule has 1 N–H and O–H groups in total. The van der Waals surface area contributed by atoms with Crippen LogP contribution in [0.2, 0.25) is 0 Å². The number of anilines is 1. The van der Waals surface area contributed by atoms with Crippen LogP contribution >= 0.6 is 11.8 Å². The summed E-state index contributed by atoms with van der Waals surface area (Å²) in [6, 6.07) is 6.71. The van der Waals surface area contributed by atoms with Gasteiger partial charge in [-0.1, -0.05) is 30.8 Å². The van der Waals surface area contributed by atoms with Gasteiger partial charge in [-0.3, -0.25) is 0 Å². The lowest BCUT2D eigenvalue weighted by Crippen LogP contribution is -2.04. The van der Waals surface area contributed by atoms with Crippen molar-refractivity contribution in [3.8, 4) is 11.6 Å². The van der Waals surface area contributed by atoms with Crippen LogP contribution in [0.25, 0.3) is 0 Å². The number of thioether (sulfide) groups is 1. The monoisotopic (exact) mass is 307 g/mol. The maximum atomic E-state index is 14.0. The molecule has 4 nitrogen and oxygen atoms in total. The zero-order chi connectivity index (χ0) is 15.2. The van der Waals surface area contributed by atoms with Crippen molar-refractivity contribution < 1.29 is 9.13 Å². The first-order valence-electron chi connectivity index (χ1n) is 6.74. The van der Waals surface area contributed by atoms with Crippen LogP contribution in [0, 0.1) is 12.7 Å². The van der Waals surface area contributed by atoms with Gasteiger partial charge in [0.1, 0.15) is 5.82 Å². The number of aryl methyl sites for hydroxylation is 1. The third kappa shape index (κ3) is 4.07. The van der Waals surface area contributed by atoms with E-state index in [1.54, 1.807) is 31.2 Å². The number of rotatable bonds is 6. The van der Waals surface area contributed by atoms with Gasteiger partial charge in [-0.05, 0) is 31.2 Å². The summed E-state index contributed by atoms with van der Waals surface area (Å²) in [6.07, 6.45) is 2.87. The third-order valence-corrected chi connectivity index (χ3v) is 3.34. The van der Waals surface area contributed by atoms with E-state index >= 15 is 0 Å². The molecule has 21 heavy (non-hydrogen) atoms. The molecule has 0 aliphatic rings. The van der Waals surface area contributed by atoms with E-state index in [0.29, 0.717) is 22.4 Å². The Bertz CT molecular complexity index is 622. The summed E-state index contributed by atoms with van der Waals surface area (Å²) in [5.74, 6) is 0.809. The Morgan fingerprint density at radius 3 is 2.86 bits per heavy atom. The molecule has 0 saturated carbocycles. The maximum absolute atomic E-state index is 14.0. The lowest BCUT2D eigenvalue weighted by Gasteiger charge is -2.10. The van der Waals surface area contributed by atoms with Gasteiger partial charge in [-0.15, -0.1) is 0 Å². The molecule has 2 aromatic rings. The van der Waals surface area contributed by atoms with Crippen molar-refractivity contribution in [2.45, 2.75) is 25.4 Å². The number of nitrogens with one attached hydrogen (secondary N) is 1. The molecule has 0 amide bonds. The van der Waals surface area contributed by atoms with Gasteiger partial charge in [-0.25, -0.2) is 9.37 Å². The average Bonchev–Trinajstić information content (AvgIpc) is 2.49. The Kier molecular flexibility index (Phi) is 5.38. The number of nitrogens with zero attached hydrogens (tertiary/aromatic N) is 2. The Balaban J connectivity index is 2.28. The molecule has 0 aliphatic heterocycles. The van der Waals surface area contributed by atoms with Gasteiger partial charge in [0.25, 0.3) is 0 Å². The summed E-state index contributed by atoms with van der Waals surface area (Å²) in [5, 5.41) is 3.77. The summed E-state index contributed by atoms with van der Waals surface area (Å²) in [7, 11) is 0. The van der Waals surface area contributed by atoms with Crippen LogP contribution in [-0.4, -0.2) is 22.8 Å². The average molecular weight is 307 g/mol. The van der Waals surface area contributed by atoms with E-state index in [4.69, 9.17) is 4.74 Å². The highest BCUT2D eigenvalue weighted by Crippen LogP contribution is 2.27. The van der Waals surface area contributed by atoms with Crippen molar-refractivity contribution in [2.75, 3.05) is 18.1 Å². The van der Waals surface area contributed by atoms with Crippen molar-refractivity contribution in [3.63, 3.8) is 0 Å². The largest absolute Gasteiger partial charge is 0.436 e. The van der Waals surface area contributed by atoms with Crippen LogP contribution in [0.15, 0.2) is 29.4 Å². The molecule has 6 heteroatoms. The van der Waals surface area contributed by atoms with Crippen LogP contribution in [0.3, 0.4) is 0 Å².